The smallest absolute Gasteiger partial charge is 0.272 e. The summed E-state index contributed by atoms with van der Waals surface area (Å²) >= 11 is 0. The Morgan fingerprint density at radius 3 is 2.79 bits per heavy atom. The molecule has 4 N–H and O–H groups in total. The summed E-state index contributed by atoms with van der Waals surface area (Å²) in [6, 6.07) is 11.7. The second kappa shape index (κ2) is 8.13. The largest absolute Gasteiger partial charge is 0.349 e. The van der Waals surface area contributed by atoms with Crippen LogP contribution < -0.4 is 16.6 Å². The van der Waals surface area contributed by atoms with Gasteiger partial charge in [0.25, 0.3) is 11.5 Å². The number of H-pyrrole nitrogens is 1. The van der Waals surface area contributed by atoms with Crippen LogP contribution in [-0.4, -0.2) is 28.2 Å². The molecule has 0 bridgehead atoms. The summed E-state index contributed by atoms with van der Waals surface area (Å²) in [6.07, 6.45) is 3.84. The lowest BCUT2D eigenvalue weighted by Crippen LogP contribution is -2.42. The van der Waals surface area contributed by atoms with Gasteiger partial charge in [-0.25, -0.2) is 9.49 Å². The third kappa shape index (κ3) is 4.19. The summed E-state index contributed by atoms with van der Waals surface area (Å²) in [6.45, 7) is 0. The van der Waals surface area contributed by atoms with E-state index in [2.05, 4.69) is 15.5 Å². The van der Waals surface area contributed by atoms with E-state index in [1.807, 2.05) is 12.1 Å². The van der Waals surface area contributed by atoms with Gasteiger partial charge in [-0.2, -0.15) is 5.10 Å². The Morgan fingerprint density at radius 1 is 1.21 bits per heavy atom. The van der Waals surface area contributed by atoms with E-state index < -0.39 is 11.7 Å². The maximum absolute atomic E-state index is 14.3. The number of nitrogens with two attached hydrogens (primary N) is 1. The molecule has 0 radical (unpaired) electrons. The van der Waals surface area contributed by atoms with Gasteiger partial charge in [0, 0.05) is 23.9 Å². The molecule has 2 unspecified atom stereocenters. The van der Waals surface area contributed by atoms with Crippen LogP contribution in [0.2, 0.25) is 0 Å². The Hall–Kier alpha value is -3.06. The van der Waals surface area contributed by atoms with Crippen molar-refractivity contribution in [3.05, 3.63) is 75.5 Å². The minimum atomic E-state index is -0.564. The van der Waals surface area contributed by atoms with Crippen molar-refractivity contribution in [1.82, 2.24) is 15.5 Å². The van der Waals surface area contributed by atoms with Crippen LogP contribution in [0.1, 0.15) is 47.3 Å². The minimum absolute atomic E-state index is 0.00961. The Kier molecular flexibility index (Phi) is 5.40. The highest BCUT2D eigenvalue weighted by molar-refractivity contribution is 5.95. The number of fused-ring (bicyclic) bond motifs is 1. The number of rotatable bonds is 4. The molecule has 2 aromatic carbocycles. The molecule has 7 heteroatoms. The molecule has 2 atom stereocenters. The average Bonchev–Trinajstić information content (AvgIpc) is 2.71. The molecule has 1 aliphatic carbocycles. The average molecular weight is 394 g/mol. The Morgan fingerprint density at radius 2 is 2.00 bits per heavy atom. The Labute approximate surface area is 167 Å². The highest BCUT2D eigenvalue weighted by Crippen LogP contribution is 2.20. The maximum atomic E-state index is 14.3. The fraction of sp³-hybridized carbons (Fsp3) is 0.318. The summed E-state index contributed by atoms with van der Waals surface area (Å²) in [7, 11) is 0. The van der Waals surface area contributed by atoms with Gasteiger partial charge in [-0.3, -0.25) is 9.59 Å². The first kappa shape index (κ1) is 19.3. The molecular formula is C22H23FN4O2. The number of nitrogens with zero attached hydrogens (tertiary/aromatic N) is 1. The number of aromatic nitrogens is 2. The summed E-state index contributed by atoms with van der Waals surface area (Å²) in [5, 5.41) is 10.9. The molecular weight excluding hydrogens is 371 g/mol. The number of hydrogen-bond donors (Lipinski definition) is 3. The van der Waals surface area contributed by atoms with Crippen molar-refractivity contribution in [1.29, 1.82) is 0 Å². The van der Waals surface area contributed by atoms with Crippen molar-refractivity contribution in [2.24, 2.45) is 5.73 Å². The molecule has 6 nitrogen and oxygen atoms in total. The summed E-state index contributed by atoms with van der Waals surface area (Å²) < 4.78 is 14.3. The molecule has 3 aromatic rings. The number of amides is 1. The SMILES string of the molecule is NC1CCCC(NC(=O)c2cc(Cc3n[nH]c(=O)c4ccccc34)ccc2F)C1. The second-order valence-electron chi connectivity index (χ2n) is 7.63. The molecule has 1 aliphatic rings. The van der Waals surface area contributed by atoms with Crippen molar-refractivity contribution in [3.8, 4) is 0 Å². The highest BCUT2D eigenvalue weighted by Gasteiger charge is 2.22. The number of benzene rings is 2. The number of halogens is 1. The summed E-state index contributed by atoms with van der Waals surface area (Å²) in [5.41, 5.74) is 7.13. The number of nitrogens with one attached hydrogen (secondary N) is 2. The van der Waals surface area contributed by atoms with Crippen LogP contribution in [0, 0.1) is 5.82 Å². The molecule has 29 heavy (non-hydrogen) atoms. The maximum Gasteiger partial charge on any atom is 0.272 e. The van der Waals surface area contributed by atoms with Gasteiger partial charge in [0.15, 0.2) is 0 Å². The van der Waals surface area contributed by atoms with E-state index in [9.17, 15) is 14.0 Å². The van der Waals surface area contributed by atoms with E-state index in [1.54, 1.807) is 24.3 Å². The monoisotopic (exact) mass is 394 g/mol. The van der Waals surface area contributed by atoms with Gasteiger partial charge in [-0.1, -0.05) is 24.3 Å². The van der Waals surface area contributed by atoms with E-state index in [0.29, 0.717) is 23.9 Å². The fourth-order valence-corrected chi connectivity index (χ4v) is 3.98. The lowest BCUT2D eigenvalue weighted by Gasteiger charge is -2.27. The van der Waals surface area contributed by atoms with Crippen molar-refractivity contribution in [2.75, 3.05) is 0 Å². The molecule has 150 valence electrons. The fourth-order valence-electron chi connectivity index (χ4n) is 3.98. The summed E-state index contributed by atoms with van der Waals surface area (Å²) in [4.78, 5) is 24.6. The zero-order chi connectivity index (χ0) is 20.4. The molecule has 0 spiro atoms. The molecule has 1 saturated carbocycles. The molecule has 1 aromatic heterocycles. The number of carbonyl (C=O) groups is 1. The quantitative estimate of drug-likeness (QED) is 0.633. The minimum Gasteiger partial charge on any atom is -0.349 e. The van der Waals surface area contributed by atoms with Gasteiger partial charge in [-0.15, -0.1) is 0 Å². The van der Waals surface area contributed by atoms with Crippen molar-refractivity contribution >= 4 is 16.7 Å². The van der Waals surface area contributed by atoms with E-state index in [4.69, 9.17) is 5.73 Å². The first-order valence-corrected chi connectivity index (χ1v) is 9.82. The zero-order valence-corrected chi connectivity index (χ0v) is 16.0. The molecule has 4 rings (SSSR count). The number of hydrogen-bond acceptors (Lipinski definition) is 4. The lowest BCUT2D eigenvalue weighted by molar-refractivity contribution is 0.0921. The summed E-state index contributed by atoms with van der Waals surface area (Å²) in [5.74, 6) is -0.992. The van der Waals surface area contributed by atoms with Gasteiger partial charge in [0.05, 0.1) is 16.6 Å². The topological polar surface area (TPSA) is 101 Å². The van der Waals surface area contributed by atoms with Crippen LogP contribution >= 0.6 is 0 Å². The predicted molar refractivity (Wildman–Crippen MR) is 109 cm³/mol. The van der Waals surface area contributed by atoms with Crippen LogP contribution in [0.25, 0.3) is 10.8 Å². The van der Waals surface area contributed by atoms with Crippen molar-refractivity contribution < 1.29 is 9.18 Å². The first-order chi connectivity index (χ1) is 14.0. The van der Waals surface area contributed by atoms with E-state index in [-0.39, 0.29) is 23.2 Å². The molecule has 1 amide bonds. The van der Waals surface area contributed by atoms with E-state index >= 15 is 0 Å². The first-order valence-electron chi connectivity index (χ1n) is 9.82. The van der Waals surface area contributed by atoms with E-state index in [1.165, 1.54) is 6.07 Å². The molecule has 0 saturated heterocycles. The Balaban J connectivity index is 1.58. The van der Waals surface area contributed by atoms with E-state index in [0.717, 1.165) is 30.2 Å². The predicted octanol–water partition coefficient (Wildman–Crippen LogP) is 2.65. The van der Waals surface area contributed by atoms with Crippen LogP contribution in [0.5, 0.6) is 0 Å². The molecule has 1 fully saturated rings. The number of carbonyl (C=O) groups excluding carboxylic acids is 1. The molecule has 0 aliphatic heterocycles. The molecule has 1 heterocycles. The Bertz CT molecular complexity index is 1110. The van der Waals surface area contributed by atoms with Crippen LogP contribution in [0.15, 0.2) is 47.3 Å². The van der Waals surface area contributed by atoms with Crippen molar-refractivity contribution in [2.45, 2.75) is 44.2 Å². The zero-order valence-electron chi connectivity index (χ0n) is 16.0. The van der Waals surface area contributed by atoms with Gasteiger partial charge >= 0.3 is 0 Å². The van der Waals surface area contributed by atoms with Gasteiger partial charge in [-0.05, 0) is 49.4 Å². The third-order valence-electron chi connectivity index (χ3n) is 5.47. The lowest BCUT2D eigenvalue weighted by atomic mass is 9.91. The third-order valence-corrected chi connectivity index (χ3v) is 5.47. The van der Waals surface area contributed by atoms with Crippen molar-refractivity contribution in [3.63, 3.8) is 0 Å². The highest BCUT2D eigenvalue weighted by atomic mass is 19.1. The van der Waals surface area contributed by atoms with Gasteiger partial charge < -0.3 is 11.1 Å². The normalized spacial score (nSPS) is 19.2. The van der Waals surface area contributed by atoms with Gasteiger partial charge in [0.2, 0.25) is 0 Å². The van der Waals surface area contributed by atoms with Gasteiger partial charge in [0.1, 0.15) is 5.82 Å². The van der Waals surface area contributed by atoms with Crippen LogP contribution in [0.3, 0.4) is 0 Å². The second-order valence-corrected chi connectivity index (χ2v) is 7.63. The standard InChI is InChI=1S/C22H23FN4O2/c23-19-9-8-13(10-18(19)21(28)25-15-5-3-4-14(24)12-15)11-20-16-6-1-2-7-17(16)22(29)27-26-20/h1-2,6-10,14-15H,3-5,11-12,24H2,(H,25,28)(H,27,29). The number of aromatic amines is 1. The van der Waals surface area contributed by atoms with Crippen LogP contribution in [0.4, 0.5) is 4.39 Å². The van der Waals surface area contributed by atoms with Crippen LogP contribution in [-0.2, 0) is 6.42 Å².